The molecule has 4 N–H and O–H groups in total. The second kappa shape index (κ2) is 5.15. The van der Waals surface area contributed by atoms with E-state index in [1.807, 2.05) is 0 Å². The molecule has 7 heteroatoms. The summed E-state index contributed by atoms with van der Waals surface area (Å²) < 4.78 is 1.39. The van der Waals surface area contributed by atoms with Gasteiger partial charge < -0.3 is 16.4 Å². The summed E-state index contributed by atoms with van der Waals surface area (Å²) in [5.41, 5.74) is 6.20. The Bertz CT molecular complexity index is 379. The zero-order valence-corrected chi connectivity index (χ0v) is 9.28. The number of nitrogens with zero attached hydrogens (tertiary/aromatic N) is 2. The van der Waals surface area contributed by atoms with Crippen LogP contribution in [0, 0.1) is 0 Å². The summed E-state index contributed by atoms with van der Waals surface area (Å²) in [6.45, 7) is 0.267. The largest absolute Gasteiger partial charge is 0.396 e. The molecule has 1 aromatic heterocycles. The summed E-state index contributed by atoms with van der Waals surface area (Å²) in [6, 6.07) is 0. The second-order valence-electron chi connectivity index (χ2n) is 3.25. The van der Waals surface area contributed by atoms with Crippen LogP contribution in [0.1, 0.15) is 16.9 Å². The fourth-order valence-corrected chi connectivity index (χ4v) is 1.23. The van der Waals surface area contributed by atoms with Crippen LogP contribution < -0.4 is 16.4 Å². The van der Waals surface area contributed by atoms with Gasteiger partial charge in [0, 0.05) is 27.1 Å². The molecular weight excluding hydrogens is 210 g/mol. The molecule has 0 saturated heterocycles. The molecule has 0 aliphatic heterocycles. The van der Waals surface area contributed by atoms with Crippen molar-refractivity contribution in [3.8, 4) is 0 Å². The molecule has 0 saturated carbocycles. The summed E-state index contributed by atoms with van der Waals surface area (Å²) in [5, 5.41) is 8.90. The van der Waals surface area contributed by atoms with Gasteiger partial charge in [0.15, 0.2) is 0 Å². The summed E-state index contributed by atoms with van der Waals surface area (Å²) >= 11 is 0. The zero-order valence-electron chi connectivity index (χ0n) is 9.28. The normalized spacial score (nSPS) is 9.88. The van der Waals surface area contributed by atoms with E-state index in [1.54, 1.807) is 14.1 Å². The van der Waals surface area contributed by atoms with Gasteiger partial charge in [-0.15, -0.1) is 0 Å². The molecule has 0 fully saturated rings. The van der Waals surface area contributed by atoms with E-state index >= 15 is 0 Å². The number of carbonyl (C=O) groups is 2. The van der Waals surface area contributed by atoms with Crippen LogP contribution in [-0.2, 0) is 11.8 Å². The van der Waals surface area contributed by atoms with Crippen LogP contribution >= 0.6 is 0 Å². The van der Waals surface area contributed by atoms with E-state index in [0.29, 0.717) is 11.4 Å². The predicted molar refractivity (Wildman–Crippen MR) is 58.6 cm³/mol. The van der Waals surface area contributed by atoms with Gasteiger partial charge in [0.25, 0.3) is 5.91 Å². The number of amides is 2. The van der Waals surface area contributed by atoms with E-state index in [-0.39, 0.29) is 24.8 Å². The Hall–Kier alpha value is -2.05. The average molecular weight is 225 g/mol. The first-order valence-corrected chi connectivity index (χ1v) is 4.82. The van der Waals surface area contributed by atoms with Crippen molar-refractivity contribution < 1.29 is 9.59 Å². The standard InChI is InChI=1S/C9H15N5O2/c1-11-7(15)3-4-12-9(16)8-6(10)5-13-14(8)2/h5H,3-4,10H2,1-2H3,(H,11,15)(H,12,16). The van der Waals surface area contributed by atoms with Gasteiger partial charge in [0.1, 0.15) is 5.69 Å². The molecule has 0 aliphatic rings. The topological polar surface area (TPSA) is 102 Å². The minimum absolute atomic E-state index is 0.127. The Morgan fingerprint density at radius 1 is 1.56 bits per heavy atom. The molecule has 0 atom stereocenters. The number of anilines is 1. The Kier molecular flexibility index (Phi) is 3.87. The second-order valence-corrected chi connectivity index (χ2v) is 3.25. The lowest BCUT2D eigenvalue weighted by Crippen LogP contribution is -2.30. The fourth-order valence-electron chi connectivity index (χ4n) is 1.23. The Morgan fingerprint density at radius 3 is 2.75 bits per heavy atom. The molecule has 88 valence electrons. The maximum Gasteiger partial charge on any atom is 0.271 e. The number of aromatic nitrogens is 2. The third-order valence-electron chi connectivity index (χ3n) is 2.10. The van der Waals surface area contributed by atoms with Gasteiger partial charge in [0.05, 0.1) is 11.9 Å². The van der Waals surface area contributed by atoms with Crippen molar-refractivity contribution in [1.29, 1.82) is 0 Å². The van der Waals surface area contributed by atoms with Gasteiger partial charge in [0.2, 0.25) is 5.91 Å². The van der Waals surface area contributed by atoms with Crippen LogP contribution in [-0.4, -0.2) is 35.2 Å². The van der Waals surface area contributed by atoms with Crippen molar-refractivity contribution in [2.75, 3.05) is 19.3 Å². The third kappa shape index (κ3) is 2.72. The number of nitrogens with two attached hydrogens (primary N) is 1. The van der Waals surface area contributed by atoms with Crippen molar-refractivity contribution in [1.82, 2.24) is 20.4 Å². The molecule has 0 aliphatic carbocycles. The number of aryl methyl sites for hydroxylation is 1. The lowest BCUT2D eigenvalue weighted by Gasteiger charge is -2.05. The van der Waals surface area contributed by atoms with Gasteiger partial charge in [-0.05, 0) is 0 Å². The Morgan fingerprint density at radius 2 is 2.25 bits per heavy atom. The highest BCUT2D eigenvalue weighted by Gasteiger charge is 2.14. The van der Waals surface area contributed by atoms with Crippen LogP contribution in [0.5, 0.6) is 0 Å². The molecular formula is C9H15N5O2. The first-order valence-electron chi connectivity index (χ1n) is 4.82. The SMILES string of the molecule is CNC(=O)CCNC(=O)c1c(N)cnn1C. The quantitative estimate of drug-likeness (QED) is 0.603. The average Bonchev–Trinajstić information content (AvgIpc) is 2.58. The van der Waals surface area contributed by atoms with Crippen LogP contribution in [0.2, 0.25) is 0 Å². The van der Waals surface area contributed by atoms with Gasteiger partial charge >= 0.3 is 0 Å². The van der Waals surface area contributed by atoms with Crippen LogP contribution in [0.15, 0.2) is 6.20 Å². The molecule has 16 heavy (non-hydrogen) atoms. The first kappa shape index (κ1) is 12.0. The molecule has 0 aromatic carbocycles. The molecule has 1 rings (SSSR count). The number of hydrogen-bond donors (Lipinski definition) is 3. The fraction of sp³-hybridized carbons (Fsp3) is 0.444. The number of carbonyl (C=O) groups excluding carboxylic acids is 2. The predicted octanol–water partition coefficient (Wildman–Crippen LogP) is -1.13. The van der Waals surface area contributed by atoms with Gasteiger partial charge in [-0.2, -0.15) is 5.10 Å². The van der Waals surface area contributed by atoms with E-state index in [4.69, 9.17) is 5.73 Å². The number of hydrogen-bond acceptors (Lipinski definition) is 4. The van der Waals surface area contributed by atoms with Crippen molar-refractivity contribution in [2.45, 2.75) is 6.42 Å². The molecule has 0 spiro atoms. The summed E-state index contributed by atoms with van der Waals surface area (Å²) in [5.74, 6) is -0.459. The van der Waals surface area contributed by atoms with Crippen LogP contribution in [0.3, 0.4) is 0 Å². The van der Waals surface area contributed by atoms with E-state index < -0.39 is 0 Å². The molecule has 7 nitrogen and oxygen atoms in total. The van der Waals surface area contributed by atoms with Crippen molar-refractivity contribution in [2.24, 2.45) is 7.05 Å². The number of nitrogen functional groups attached to an aromatic ring is 1. The summed E-state index contributed by atoms with van der Waals surface area (Å²) in [4.78, 5) is 22.5. The van der Waals surface area contributed by atoms with E-state index in [0.717, 1.165) is 0 Å². The van der Waals surface area contributed by atoms with Crippen molar-refractivity contribution in [3.05, 3.63) is 11.9 Å². The summed E-state index contributed by atoms with van der Waals surface area (Å²) in [6.07, 6.45) is 1.65. The van der Waals surface area contributed by atoms with Crippen LogP contribution in [0.4, 0.5) is 5.69 Å². The maximum atomic E-state index is 11.6. The minimum atomic E-state index is -0.332. The minimum Gasteiger partial charge on any atom is -0.396 e. The molecule has 0 bridgehead atoms. The lowest BCUT2D eigenvalue weighted by molar-refractivity contribution is -0.120. The lowest BCUT2D eigenvalue weighted by atomic mass is 10.3. The van der Waals surface area contributed by atoms with E-state index in [9.17, 15) is 9.59 Å². The van der Waals surface area contributed by atoms with Crippen LogP contribution in [0.25, 0.3) is 0 Å². The first-order chi connectivity index (χ1) is 7.56. The van der Waals surface area contributed by atoms with Crippen molar-refractivity contribution >= 4 is 17.5 Å². The molecule has 1 heterocycles. The highest BCUT2D eigenvalue weighted by atomic mass is 16.2. The maximum absolute atomic E-state index is 11.6. The third-order valence-corrected chi connectivity index (χ3v) is 2.10. The molecule has 0 unspecified atom stereocenters. The number of rotatable bonds is 4. The molecule has 2 amide bonds. The monoisotopic (exact) mass is 225 g/mol. The smallest absolute Gasteiger partial charge is 0.271 e. The zero-order chi connectivity index (χ0) is 12.1. The Labute approximate surface area is 93.0 Å². The van der Waals surface area contributed by atoms with Gasteiger partial charge in [-0.3, -0.25) is 14.3 Å². The van der Waals surface area contributed by atoms with Gasteiger partial charge in [-0.1, -0.05) is 0 Å². The van der Waals surface area contributed by atoms with Crippen molar-refractivity contribution in [3.63, 3.8) is 0 Å². The number of nitrogens with one attached hydrogen (secondary N) is 2. The van der Waals surface area contributed by atoms with E-state index in [2.05, 4.69) is 15.7 Å². The molecule has 1 aromatic rings. The Balaban J connectivity index is 2.50. The highest BCUT2D eigenvalue weighted by molar-refractivity contribution is 5.97. The van der Waals surface area contributed by atoms with Gasteiger partial charge in [-0.25, -0.2) is 0 Å². The molecule has 0 radical (unpaired) electrons. The van der Waals surface area contributed by atoms with E-state index in [1.165, 1.54) is 10.9 Å². The summed E-state index contributed by atoms with van der Waals surface area (Å²) in [7, 11) is 3.17. The highest BCUT2D eigenvalue weighted by Crippen LogP contribution is 2.08.